The molecule has 6 nitrogen and oxygen atoms in total. The van der Waals surface area contributed by atoms with Crippen LogP contribution in [-0.2, 0) is 13.0 Å². The van der Waals surface area contributed by atoms with Crippen molar-refractivity contribution in [1.82, 2.24) is 20.6 Å². The molecule has 0 saturated heterocycles. The first-order valence-electron chi connectivity index (χ1n) is 8.59. The first-order chi connectivity index (χ1) is 12.7. The van der Waals surface area contributed by atoms with Crippen LogP contribution < -0.4 is 10.6 Å². The molecular formula is C20H24IN5O. The minimum atomic E-state index is 0. The number of aromatic nitrogens is 2. The Kier molecular flexibility index (Phi) is 8.25. The summed E-state index contributed by atoms with van der Waals surface area (Å²) in [5.41, 5.74) is 4.20. The van der Waals surface area contributed by atoms with Crippen LogP contribution in [-0.4, -0.2) is 29.5 Å². The van der Waals surface area contributed by atoms with E-state index in [9.17, 15) is 0 Å². The van der Waals surface area contributed by atoms with Crippen LogP contribution in [0.1, 0.15) is 16.8 Å². The number of guanidine groups is 1. The molecule has 142 valence electrons. The van der Waals surface area contributed by atoms with Crippen molar-refractivity contribution in [3.8, 4) is 11.5 Å². The number of hydrogen-bond donors (Lipinski definition) is 2. The topological polar surface area (TPSA) is 75.3 Å². The predicted molar refractivity (Wildman–Crippen MR) is 118 cm³/mol. The maximum atomic E-state index is 5.58. The highest BCUT2D eigenvalue weighted by Gasteiger charge is 2.07. The van der Waals surface area contributed by atoms with Crippen molar-refractivity contribution in [2.24, 2.45) is 4.99 Å². The number of aliphatic imine (C=N–C) groups is 1. The van der Waals surface area contributed by atoms with E-state index < -0.39 is 0 Å². The highest BCUT2D eigenvalue weighted by Crippen LogP contribution is 2.18. The Morgan fingerprint density at radius 3 is 2.67 bits per heavy atom. The number of halogens is 1. The van der Waals surface area contributed by atoms with E-state index in [1.165, 1.54) is 11.1 Å². The van der Waals surface area contributed by atoms with Gasteiger partial charge in [-0.3, -0.25) is 9.98 Å². The Bertz CT molecular complexity index is 846. The van der Waals surface area contributed by atoms with Gasteiger partial charge in [0.2, 0.25) is 5.89 Å². The molecule has 0 bridgehead atoms. The molecule has 27 heavy (non-hydrogen) atoms. The third-order valence-corrected chi connectivity index (χ3v) is 3.94. The zero-order valence-electron chi connectivity index (χ0n) is 15.5. The number of hydrogen-bond acceptors (Lipinski definition) is 4. The van der Waals surface area contributed by atoms with Gasteiger partial charge in [-0.1, -0.05) is 23.8 Å². The molecule has 0 aliphatic heterocycles. The number of rotatable bonds is 6. The van der Waals surface area contributed by atoms with Crippen molar-refractivity contribution < 1.29 is 4.42 Å². The Morgan fingerprint density at radius 2 is 1.96 bits per heavy atom. The maximum Gasteiger partial charge on any atom is 0.226 e. The highest BCUT2D eigenvalue weighted by atomic mass is 127. The van der Waals surface area contributed by atoms with E-state index in [0.717, 1.165) is 30.2 Å². The van der Waals surface area contributed by atoms with Crippen molar-refractivity contribution in [3.05, 3.63) is 71.9 Å². The fourth-order valence-corrected chi connectivity index (χ4v) is 2.48. The van der Waals surface area contributed by atoms with Crippen LogP contribution in [0.2, 0.25) is 0 Å². The minimum Gasteiger partial charge on any atom is -0.444 e. The van der Waals surface area contributed by atoms with Crippen LogP contribution in [0.3, 0.4) is 0 Å². The second-order valence-corrected chi connectivity index (χ2v) is 5.97. The molecule has 3 aromatic rings. The zero-order valence-corrected chi connectivity index (χ0v) is 17.8. The van der Waals surface area contributed by atoms with Gasteiger partial charge >= 0.3 is 0 Å². The third-order valence-electron chi connectivity index (χ3n) is 3.94. The van der Waals surface area contributed by atoms with Crippen LogP contribution in [0.15, 0.2) is 64.5 Å². The fraction of sp³-hybridized carbons (Fsp3) is 0.250. The number of oxazole rings is 1. The van der Waals surface area contributed by atoms with E-state index in [-0.39, 0.29) is 24.0 Å². The summed E-state index contributed by atoms with van der Waals surface area (Å²) < 4.78 is 5.58. The number of pyridine rings is 1. The lowest BCUT2D eigenvalue weighted by Gasteiger charge is -2.10. The number of aryl methyl sites for hydroxylation is 1. The average molecular weight is 477 g/mol. The maximum absolute atomic E-state index is 5.58. The molecule has 0 spiro atoms. The average Bonchev–Trinajstić information content (AvgIpc) is 3.15. The highest BCUT2D eigenvalue weighted by molar-refractivity contribution is 14.0. The molecule has 2 aromatic heterocycles. The normalized spacial score (nSPS) is 11.0. The van der Waals surface area contributed by atoms with Gasteiger partial charge in [0.15, 0.2) is 5.96 Å². The minimum absolute atomic E-state index is 0. The van der Waals surface area contributed by atoms with Crippen LogP contribution in [0.25, 0.3) is 11.5 Å². The fourth-order valence-electron chi connectivity index (χ4n) is 2.48. The number of nitrogens with one attached hydrogen (secondary N) is 2. The van der Waals surface area contributed by atoms with Crippen LogP contribution in [0.5, 0.6) is 0 Å². The summed E-state index contributed by atoms with van der Waals surface area (Å²) in [7, 11) is 1.75. The molecule has 7 heteroatoms. The predicted octanol–water partition coefficient (Wildman–Crippen LogP) is 3.57. The quantitative estimate of drug-likeness (QED) is 0.323. The number of benzene rings is 1. The first-order valence-corrected chi connectivity index (χ1v) is 8.59. The largest absolute Gasteiger partial charge is 0.444 e. The van der Waals surface area contributed by atoms with Gasteiger partial charge in [0, 0.05) is 31.5 Å². The van der Waals surface area contributed by atoms with Crippen molar-refractivity contribution in [2.45, 2.75) is 19.9 Å². The van der Waals surface area contributed by atoms with Gasteiger partial charge in [-0.2, -0.15) is 0 Å². The Balaban J connectivity index is 0.00000261. The van der Waals surface area contributed by atoms with Gasteiger partial charge in [-0.15, -0.1) is 24.0 Å². The van der Waals surface area contributed by atoms with Crippen molar-refractivity contribution in [2.75, 3.05) is 13.6 Å². The summed E-state index contributed by atoms with van der Waals surface area (Å²) in [6, 6.07) is 12.1. The monoisotopic (exact) mass is 477 g/mol. The van der Waals surface area contributed by atoms with Crippen molar-refractivity contribution >= 4 is 29.9 Å². The van der Waals surface area contributed by atoms with Crippen molar-refractivity contribution in [1.29, 1.82) is 0 Å². The first kappa shape index (κ1) is 20.9. The molecule has 0 unspecified atom stereocenters. The second-order valence-electron chi connectivity index (χ2n) is 5.97. The molecule has 0 saturated carbocycles. The summed E-state index contributed by atoms with van der Waals surface area (Å²) in [5, 5.41) is 6.53. The third kappa shape index (κ3) is 6.35. The lowest BCUT2D eigenvalue weighted by molar-refractivity contribution is 0.572. The SMILES string of the molecule is CN=C(NCCc1cccnc1)NCc1coc(-c2ccc(C)cc2)n1.I. The molecule has 2 N–H and O–H groups in total. The summed E-state index contributed by atoms with van der Waals surface area (Å²) in [5.74, 6) is 1.36. The summed E-state index contributed by atoms with van der Waals surface area (Å²) >= 11 is 0. The van der Waals surface area contributed by atoms with E-state index in [1.807, 2.05) is 36.5 Å². The number of nitrogens with zero attached hydrogens (tertiary/aromatic N) is 3. The van der Waals surface area contributed by atoms with Gasteiger partial charge in [-0.05, 0) is 37.1 Å². The molecule has 0 aliphatic rings. The molecule has 0 amide bonds. The second kappa shape index (κ2) is 10.7. The van der Waals surface area contributed by atoms with Gasteiger partial charge in [0.05, 0.1) is 12.2 Å². The smallest absolute Gasteiger partial charge is 0.226 e. The van der Waals surface area contributed by atoms with Crippen LogP contribution >= 0.6 is 24.0 Å². The Labute approximate surface area is 176 Å². The van der Waals surface area contributed by atoms with E-state index in [4.69, 9.17) is 4.42 Å². The Hall–Kier alpha value is -2.42. The standard InChI is InChI=1S/C20H23N5O.HI/c1-15-5-7-17(8-6-15)19-25-18(14-26-19)13-24-20(21-2)23-11-9-16-4-3-10-22-12-16;/h3-8,10,12,14H,9,11,13H2,1-2H3,(H2,21,23,24);1H. The van der Waals surface area contributed by atoms with Gasteiger partial charge < -0.3 is 15.1 Å². The van der Waals surface area contributed by atoms with Gasteiger partial charge in [0.1, 0.15) is 6.26 Å². The lowest BCUT2D eigenvalue weighted by atomic mass is 10.1. The van der Waals surface area contributed by atoms with Crippen molar-refractivity contribution in [3.63, 3.8) is 0 Å². The summed E-state index contributed by atoms with van der Waals surface area (Å²) in [4.78, 5) is 12.9. The van der Waals surface area contributed by atoms with E-state index in [1.54, 1.807) is 19.5 Å². The van der Waals surface area contributed by atoms with Crippen LogP contribution in [0, 0.1) is 6.92 Å². The van der Waals surface area contributed by atoms with E-state index in [2.05, 4.69) is 38.6 Å². The molecule has 2 heterocycles. The Morgan fingerprint density at radius 1 is 1.15 bits per heavy atom. The molecule has 0 fully saturated rings. The molecule has 0 aliphatic carbocycles. The van der Waals surface area contributed by atoms with Gasteiger partial charge in [0.25, 0.3) is 0 Å². The van der Waals surface area contributed by atoms with Crippen LogP contribution in [0.4, 0.5) is 0 Å². The summed E-state index contributed by atoms with van der Waals surface area (Å²) in [6.45, 7) is 3.38. The molecule has 0 atom stereocenters. The molecule has 3 rings (SSSR count). The molecule has 0 radical (unpaired) electrons. The van der Waals surface area contributed by atoms with Gasteiger partial charge in [-0.25, -0.2) is 4.98 Å². The molecule has 1 aromatic carbocycles. The van der Waals surface area contributed by atoms with E-state index in [0.29, 0.717) is 12.4 Å². The van der Waals surface area contributed by atoms with E-state index >= 15 is 0 Å². The lowest BCUT2D eigenvalue weighted by Crippen LogP contribution is -2.37. The molecular weight excluding hydrogens is 453 g/mol. The zero-order chi connectivity index (χ0) is 18.2. The summed E-state index contributed by atoms with van der Waals surface area (Å²) in [6.07, 6.45) is 6.21.